The molecule has 0 saturated carbocycles. The van der Waals surface area contributed by atoms with Gasteiger partial charge in [-0.05, 0) is 29.9 Å². The van der Waals surface area contributed by atoms with E-state index < -0.39 is 0 Å². The van der Waals surface area contributed by atoms with Gasteiger partial charge in [-0.15, -0.1) is 0 Å². The molecule has 5 heteroatoms. The van der Waals surface area contributed by atoms with Gasteiger partial charge in [-0.25, -0.2) is 0 Å². The van der Waals surface area contributed by atoms with Crippen molar-refractivity contribution in [2.45, 2.75) is 46.1 Å². The Bertz CT molecular complexity index is 819. The molecule has 0 fully saturated rings. The highest BCUT2D eigenvalue weighted by Gasteiger charge is 2.25. The lowest BCUT2D eigenvalue weighted by atomic mass is 10.00. The van der Waals surface area contributed by atoms with Gasteiger partial charge in [0.05, 0.1) is 18.7 Å². The second-order valence-electron chi connectivity index (χ2n) is 7.08. The maximum atomic E-state index is 12.3. The van der Waals surface area contributed by atoms with Gasteiger partial charge in [0.1, 0.15) is 0 Å². The van der Waals surface area contributed by atoms with E-state index in [9.17, 15) is 9.59 Å². The topological polar surface area (TPSA) is 72.2 Å². The summed E-state index contributed by atoms with van der Waals surface area (Å²) in [5.41, 5.74) is 3.54. The molecule has 0 unspecified atom stereocenters. The summed E-state index contributed by atoms with van der Waals surface area (Å²) in [6.07, 6.45) is 2.13. The van der Waals surface area contributed by atoms with E-state index in [4.69, 9.17) is 4.52 Å². The van der Waals surface area contributed by atoms with Crippen LogP contribution in [-0.4, -0.2) is 16.8 Å². The minimum Gasteiger partial charge on any atom is -0.359 e. The fourth-order valence-electron chi connectivity index (χ4n) is 3.23. The number of aromatic nitrogens is 1. The van der Waals surface area contributed by atoms with Crippen molar-refractivity contribution in [2.24, 2.45) is 5.92 Å². The smallest absolute Gasteiger partial charge is 0.224 e. The maximum absolute atomic E-state index is 12.3. The van der Waals surface area contributed by atoms with E-state index in [-0.39, 0.29) is 24.7 Å². The molecule has 1 N–H and O–H groups in total. The third kappa shape index (κ3) is 4.48. The quantitative estimate of drug-likeness (QED) is 0.825. The first-order valence-corrected chi connectivity index (χ1v) is 9.04. The number of amides is 1. The number of nitrogens with zero attached hydrogens (tertiary/aromatic N) is 1. The molecule has 0 saturated heterocycles. The van der Waals surface area contributed by atoms with E-state index >= 15 is 0 Å². The van der Waals surface area contributed by atoms with Gasteiger partial charge >= 0.3 is 0 Å². The Morgan fingerprint density at radius 2 is 2.00 bits per heavy atom. The summed E-state index contributed by atoms with van der Waals surface area (Å²) >= 11 is 0. The molecule has 3 rings (SSSR count). The normalized spacial score (nSPS) is 14.3. The number of Topliss-reactive ketones (excluding diaryl/α,β-unsaturated/α-hetero) is 1. The van der Waals surface area contributed by atoms with Gasteiger partial charge in [-0.2, -0.15) is 0 Å². The Morgan fingerprint density at radius 3 is 2.73 bits per heavy atom. The van der Waals surface area contributed by atoms with Crippen LogP contribution in [0.15, 0.2) is 46.5 Å². The van der Waals surface area contributed by atoms with Crippen molar-refractivity contribution >= 4 is 17.3 Å². The molecule has 5 nitrogen and oxygen atoms in total. The predicted octanol–water partition coefficient (Wildman–Crippen LogP) is 3.70. The zero-order valence-electron chi connectivity index (χ0n) is 15.2. The number of allylic oxidation sites excluding steroid dienone is 1. The van der Waals surface area contributed by atoms with E-state index in [2.05, 4.69) is 24.3 Å². The first kappa shape index (κ1) is 18.1. The van der Waals surface area contributed by atoms with Crippen molar-refractivity contribution in [1.82, 2.24) is 10.5 Å². The molecular weight excluding hydrogens is 328 g/mol. The summed E-state index contributed by atoms with van der Waals surface area (Å²) < 4.78 is 5.25. The Morgan fingerprint density at radius 1 is 1.23 bits per heavy atom. The Hall–Kier alpha value is -2.69. The van der Waals surface area contributed by atoms with Gasteiger partial charge in [0, 0.05) is 18.1 Å². The van der Waals surface area contributed by atoms with Crippen LogP contribution in [0.3, 0.4) is 0 Å². The van der Waals surface area contributed by atoms with E-state index in [1.165, 1.54) is 0 Å². The van der Waals surface area contributed by atoms with Crippen LogP contribution in [0.1, 0.15) is 50.1 Å². The summed E-state index contributed by atoms with van der Waals surface area (Å²) in [6, 6.07) is 11.7. The maximum Gasteiger partial charge on any atom is 0.224 e. The van der Waals surface area contributed by atoms with Crippen LogP contribution in [0.2, 0.25) is 0 Å². The minimum absolute atomic E-state index is 0.0675. The molecule has 0 bridgehead atoms. The van der Waals surface area contributed by atoms with Crippen LogP contribution in [-0.2, 0) is 22.6 Å². The van der Waals surface area contributed by atoms with Gasteiger partial charge in [-0.1, -0.05) is 49.3 Å². The summed E-state index contributed by atoms with van der Waals surface area (Å²) in [6.45, 7) is 4.52. The zero-order valence-corrected chi connectivity index (χ0v) is 15.2. The standard InChI is InChI=1S/C21H24N2O3/c1-14(2)10-16-11-17(26-23-16)13-22-21(25)12-19-18(8-9-20(19)24)15-6-4-3-5-7-15/h3-7,11,14H,8-10,12-13H2,1-2H3,(H,22,25). The lowest BCUT2D eigenvalue weighted by Crippen LogP contribution is -2.23. The Balaban J connectivity index is 1.61. The van der Waals surface area contributed by atoms with Crippen molar-refractivity contribution in [2.75, 3.05) is 0 Å². The van der Waals surface area contributed by atoms with E-state index in [0.717, 1.165) is 23.3 Å². The van der Waals surface area contributed by atoms with E-state index in [1.54, 1.807) is 0 Å². The summed E-state index contributed by atoms with van der Waals surface area (Å²) in [4.78, 5) is 24.5. The fourth-order valence-corrected chi connectivity index (χ4v) is 3.23. The van der Waals surface area contributed by atoms with Crippen molar-refractivity contribution in [3.63, 3.8) is 0 Å². The van der Waals surface area contributed by atoms with E-state index in [0.29, 0.717) is 30.1 Å². The summed E-state index contributed by atoms with van der Waals surface area (Å²) in [5, 5.41) is 6.84. The average molecular weight is 352 g/mol. The van der Waals surface area contributed by atoms with Crippen LogP contribution in [0.5, 0.6) is 0 Å². The lowest BCUT2D eigenvalue weighted by Gasteiger charge is -2.07. The zero-order chi connectivity index (χ0) is 18.5. The highest BCUT2D eigenvalue weighted by Crippen LogP contribution is 2.33. The highest BCUT2D eigenvalue weighted by molar-refractivity contribution is 6.10. The monoisotopic (exact) mass is 352 g/mol. The molecule has 1 heterocycles. The first-order valence-electron chi connectivity index (χ1n) is 9.04. The molecule has 1 aliphatic rings. The van der Waals surface area contributed by atoms with Gasteiger partial charge < -0.3 is 9.84 Å². The average Bonchev–Trinajstić information content (AvgIpc) is 3.20. The molecule has 0 aliphatic heterocycles. The van der Waals surface area contributed by atoms with Gasteiger partial charge in [0.15, 0.2) is 11.5 Å². The number of rotatable bonds is 7. The molecule has 1 aromatic heterocycles. The first-order chi connectivity index (χ1) is 12.5. The molecule has 136 valence electrons. The molecule has 2 aromatic rings. The predicted molar refractivity (Wildman–Crippen MR) is 99.1 cm³/mol. The van der Waals surface area contributed by atoms with Crippen molar-refractivity contribution in [1.29, 1.82) is 0 Å². The van der Waals surface area contributed by atoms with Crippen LogP contribution < -0.4 is 5.32 Å². The van der Waals surface area contributed by atoms with Gasteiger partial charge in [-0.3, -0.25) is 9.59 Å². The molecule has 26 heavy (non-hydrogen) atoms. The minimum atomic E-state index is -0.175. The fraction of sp³-hybridized carbons (Fsp3) is 0.381. The number of ketones is 1. The molecule has 0 atom stereocenters. The lowest BCUT2D eigenvalue weighted by molar-refractivity contribution is -0.122. The summed E-state index contributed by atoms with van der Waals surface area (Å²) in [7, 11) is 0. The van der Waals surface area contributed by atoms with Crippen molar-refractivity contribution in [3.8, 4) is 0 Å². The molecule has 1 aromatic carbocycles. The summed E-state index contributed by atoms with van der Waals surface area (Å²) in [5.74, 6) is 1.02. The molecule has 1 amide bonds. The molecule has 0 radical (unpaired) electrons. The third-order valence-electron chi connectivity index (χ3n) is 4.45. The SMILES string of the molecule is CC(C)Cc1cc(CNC(=O)CC2=C(c3ccccc3)CCC2=O)on1. The number of hydrogen-bond acceptors (Lipinski definition) is 4. The second-order valence-corrected chi connectivity index (χ2v) is 7.08. The van der Waals surface area contributed by atoms with Crippen LogP contribution >= 0.6 is 0 Å². The van der Waals surface area contributed by atoms with Crippen LogP contribution in [0, 0.1) is 5.92 Å². The highest BCUT2D eigenvalue weighted by atomic mass is 16.5. The largest absolute Gasteiger partial charge is 0.359 e. The van der Waals surface area contributed by atoms with Gasteiger partial charge in [0.25, 0.3) is 0 Å². The number of nitrogens with one attached hydrogen (secondary N) is 1. The molecule has 1 aliphatic carbocycles. The third-order valence-corrected chi connectivity index (χ3v) is 4.45. The number of carbonyl (C=O) groups excluding carboxylic acids is 2. The number of carbonyl (C=O) groups is 2. The van der Waals surface area contributed by atoms with Gasteiger partial charge in [0.2, 0.25) is 5.91 Å². The van der Waals surface area contributed by atoms with E-state index in [1.807, 2.05) is 36.4 Å². The Kier molecular flexibility index (Phi) is 5.66. The Labute approximate surface area is 153 Å². The number of benzene rings is 1. The van der Waals surface area contributed by atoms with Crippen LogP contribution in [0.25, 0.3) is 5.57 Å². The number of hydrogen-bond donors (Lipinski definition) is 1. The van der Waals surface area contributed by atoms with Crippen LogP contribution in [0.4, 0.5) is 0 Å². The molecule has 0 spiro atoms. The second kappa shape index (κ2) is 8.13. The van der Waals surface area contributed by atoms with Crippen molar-refractivity contribution in [3.05, 3.63) is 59.0 Å². The van der Waals surface area contributed by atoms with Crippen molar-refractivity contribution < 1.29 is 14.1 Å². The molecular formula is C21H24N2O3.